The standard InChI is InChI=1S/C24H30O4/c1-5-18(3)21(28-23(26)20-15-11-8-12-16-20)24(4,6-2)17-27-22(25)19-13-9-7-10-14-19/h7-16,18,21H,5-6,17H2,1-4H3. The van der Waals surface area contributed by atoms with Crippen LogP contribution in [0.25, 0.3) is 0 Å². The lowest BCUT2D eigenvalue weighted by Crippen LogP contribution is -2.44. The van der Waals surface area contributed by atoms with Gasteiger partial charge in [-0.2, -0.15) is 0 Å². The summed E-state index contributed by atoms with van der Waals surface area (Å²) < 4.78 is 11.6. The first-order chi connectivity index (χ1) is 13.4. The van der Waals surface area contributed by atoms with E-state index in [2.05, 4.69) is 13.8 Å². The normalized spacial score (nSPS) is 15.1. The van der Waals surface area contributed by atoms with Crippen LogP contribution in [-0.4, -0.2) is 24.6 Å². The molecule has 0 aromatic heterocycles. The van der Waals surface area contributed by atoms with Crippen LogP contribution in [0.15, 0.2) is 60.7 Å². The average molecular weight is 383 g/mol. The van der Waals surface area contributed by atoms with E-state index in [0.29, 0.717) is 17.5 Å². The molecule has 3 atom stereocenters. The number of carbonyl (C=O) groups excluding carboxylic acids is 2. The first-order valence-electron chi connectivity index (χ1n) is 9.89. The zero-order valence-corrected chi connectivity index (χ0v) is 17.2. The molecule has 0 amide bonds. The summed E-state index contributed by atoms with van der Waals surface area (Å²) in [5, 5.41) is 0. The van der Waals surface area contributed by atoms with Gasteiger partial charge >= 0.3 is 11.9 Å². The van der Waals surface area contributed by atoms with Crippen LogP contribution in [0.5, 0.6) is 0 Å². The van der Waals surface area contributed by atoms with Crippen molar-refractivity contribution in [2.75, 3.05) is 6.61 Å². The van der Waals surface area contributed by atoms with Gasteiger partial charge in [-0.25, -0.2) is 9.59 Å². The van der Waals surface area contributed by atoms with Crippen molar-refractivity contribution in [3.63, 3.8) is 0 Å². The molecule has 4 heteroatoms. The fourth-order valence-electron chi connectivity index (χ4n) is 3.19. The Balaban J connectivity index is 2.16. The molecule has 0 aliphatic rings. The topological polar surface area (TPSA) is 52.6 Å². The van der Waals surface area contributed by atoms with Crippen LogP contribution in [0.4, 0.5) is 0 Å². The molecule has 2 aromatic carbocycles. The molecular weight excluding hydrogens is 352 g/mol. The lowest BCUT2D eigenvalue weighted by molar-refractivity contribution is -0.0652. The lowest BCUT2D eigenvalue weighted by atomic mass is 9.76. The van der Waals surface area contributed by atoms with E-state index in [9.17, 15) is 9.59 Å². The highest BCUT2D eigenvalue weighted by Crippen LogP contribution is 2.35. The summed E-state index contributed by atoms with van der Waals surface area (Å²) in [5.74, 6) is -0.578. The minimum atomic E-state index is -0.482. The summed E-state index contributed by atoms with van der Waals surface area (Å²) in [6.45, 7) is 8.37. The van der Waals surface area contributed by atoms with E-state index in [1.807, 2.05) is 38.1 Å². The Labute approximate surface area is 167 Å². The van der Waals surface area contributed by atoms with Gasteiger partial charge in [-0.1, -0.05) is 70.5 Å². The van der Waals surface area contributed by atoms with Crippen LogP contribution in [0.3, 0.4) is 0 Å². The SMILES string of the molecule is CCC(C)C(OC(=O)c1ccccc1)C(C)(CC)COC(=O)c1ccccc1. The molecule has 0 heterocycles. The van der Waals surface area contributed by atoms with Crippen molar-refractivity contribution in [1.82, 2.24) is 0 Å². The van der Waals surface area contributed by atoms with Crippen LogP contribution in [0.1, 0.15) is 61.3 Å². The van der Waals surface area contributed by atoms with Gasteiger partial charge in [0.2, 0.25) is 0 Å². The van der Waals surface area contributed by atoms with Crippen LogP contribution in [0.2, 0.25) is 0 Å². The Morgan fingerprint density at radius 3 is 1.86 bits per heavy atom. The van der Waals surface area contributed by atoms with Gasteiger partial charge in [0.25, 0.3) is 0 Å². The monoisotopic (exact) mass is 382 g/mol. The summed E-state index contributed by atoms with van der Waals surface area (Å²) in [6, 6.07) is 17.9. The summed E-state index contributed by atoms with van der Waals surface area (Å²) >= 11 is 0. The highest BCUT2D eigenvalue weighted by atomic mass is 16.6. The van der Waals surface area contributed by atoms with Crippen molar-refractivity contribution in [1.29, 1.82) is 0 Å². The van der Waals surface area contributed by atoms with Crippen LogP contribution >= 0.6 is 0 Å². The van der Waals surface area contributed by atoms with Gasteiger partial charge < -0.3 is 9.47 Å². The van der Waals surface area contributed by atoms with Gasteiger partial charge in [0, 0.05) is 5.41 Å². The quantitative estimate of drug-likeness (QED) is 0.535. The maximum absolute atomic E-state index is 12.7. The molecule has 4 nitrogen and oxygen atoms in total. The predicted octanol–water partition coefficient (Wildman–Crippen LogP) is 5.53. The van der Waals surface area contributed by atoms with Crippen molar-refractivity contribution in [3.8, 4) is 0 Å². The molecule has 0 fully saturated rings. The minimum absolute atomic E-state index is 0.132. The number of ether oxygens (including phenoxy) is 2. The second-order valence-electron chi connectivity index (χ2n) is 7.53. The summed E-state index contributed by atoms with van der Waals surface area (Å²) in [5.41, 5.74) is 0.558. The molecule has 0 aliphatic carbocycles. The van der Waals surface area contributed by atoms with Crippen LogP contribution in [0, 0.1) is 11.3 Å². The lowest BCUT2D eigenvalue weighted by Gasteiger charge is -2.39. The fraction of sp³-hybridized carbons (Fsp3) is 0.417. The first kappa shape index (κ1) is 21.7. The van der Waals surface area contributed by atoms with Gasteiger partial charge in [-0.15, -0.1) is 0 Å². The maximum atomic E-state index is 12.7. The molecule has 0 spiro atoms. The zero-order chi connectivity index (χ0) is 20.6. The Morgan fingerprint density at radius 2 is 1.39 bits per heavy atom. The van der Waals surface area contributed by atoms with Gasteiger partial charge in [-0.05, 0) is 36.6 Å². The van der Waals surface area contributed by atoms with Gasteiger partial charge in [0.05, 0.1) is 11.1 Å². The molecule has 28 heavy (non-hydrogen) atoms. The molecule has 2 aromatic rings. The van der Waals surface area contributed by atoms with Crippen molar-refractivity contribution in [2.45, 2.75) is 46.6 Å². The summed E-state index contributed by atoms with van der Waals surface area (Å²) in [6.07, 6.45) is 1.21. The summed E-state index contributed by atoms with van der Waals surface area (Å²) in [4.78, 5) is 25.1. The van der Waals surface area contributed by atoms with Gasteiger partial charge in [-0.3, -0.25) is 0 Å². The molecule has 2 rings (SSSR count). The smallest absolute Gasteiger partial charge is 0.338 e. The number of rotatable bonds is 9. The van der Waals surface area contributed by atoms with E-state index in [1.165, 1.54) is 0 Å². The molecular formula is C24H30O4. The van der Waals surface area contributed by atoms with E-state index in [4.69, 9.17) is 9.47 Å². The second-order valence-corrected chi connectivity index (χ2v) is 7.53. The highest BCUT2D eigenvalue weighted by molar-refractivity contribution is 5.90. The predicted molar refractivity (Wildman–Crippen MR) is 110 cm³/mol. The number of benzene rings is 2. The molecule has 0 aliphatic heterocycles. The number of hydrogen-bond acceptors (Lipinski definition) is 4. The van der Waals surface area contributed by atoms with Crippen molar-refractivity contribution in [2.24, 2.45) is 11.3 Å². The fourth-order valence-corrected chi connectivity index (χ4v) is 3.19. The maximum Gasteiger partial charge on any atom is 0.338 e. The Kier molecular flexibility index (Phi) is 7.80. The number of esters is 2. The Bertz CT molecular complexity index is 757. The van der Waals surface area contributed by atoms with E-state index in [1.54, 1.807) is 36.4 Å². The summed E-state index contributed by atoms with van der Waals surface area (Å²) in [7, 11) is 0. The Hall–Kier alpha value is -2.62. The van der Waals surface area contributed by atoms with Crippen LogP contribution in [-0.2, 0) is 9.47 Å². The first-order valence-corrected chi connectivity index (χ1v) is 9.89. The molecule has 0 saturated carbocycles. The average Bonchev–Trinajstić information content (AvgIpc) is 2.76. The minimum Gasteiger partial charge on any atom is -0.461 e. The highest BCUT2D eigenvalue weighted by Gasteiger charge is 2.40. The molecule has 0 saturated heterocycles. The van der Waals surface area contributed by atoms with Gasteiger partial charge in [0.1, 0.15) is 12.7 Å². The molecule has 0 N–H and O–H groups in total. The third-order valence-corrected chi connectivity index (χ3v) is 5.44. The molecule has 0 radical (unpaired) electrons. The van der Waals surface area contributed by atoms with Crippen molar-refractivity contribution >= 4 is 11.9 Å². The van der Waals surface area contributed by atoms with Crippen LogP contribution < -0.4 is 0 Å². The largest absolute Gasteiger partial charge is 0.461 e. The third-order valence-electron chi connectivity index (χ3n) is 5.44. The third kappa shape index (κ3) is 5.44. The van der Waals surface area contributed by atoms with E-state index in [0.717, 1.165) is 6.42 Å². The molecule has 0 bridgehead atoms. The zero-order valence-electron chi connectivity index (χ0n) is 17.2. The second kappa shape index (κ2) is 10.1. The van der Waals surface area contributed by atoms with E-state index >= 15 is 0 Å². The molecule has 150 valence electrons. The number of carbonyl (C=O) groups is 2. The molecule has 3 unspecified atom stereocenters. The Morgan fingerprint density at radius 1 is 0.893 bits per heavy atom. The van der Waals surface area contributed by atoms with E-state index in [-0.39, 0.29) is 30.6 Å². The van der Waals surface area contributed by atoms with E-state index < -0.39 is 5.41 Å². The van der Waals surface area contributed by atoms with Gasteiger partial charge in [0.15, 0.2) is 0 Å². The number of hydrogen-bond donors (Lipinski definition) is 0. The van der Waals surface area contributed by atoms with Crippen molar-refractivity contribution in [3.05, 3.63) is 71.8 Å². The van der Waals surface area contributed by atoms with Crippen molar-refractivity contribution < 1.29 is 19.1 Å².